The Labute approximate surface area is 125 Å². The fourth-order valence-corrected chi connectivity index (χ4v) is 2.55. The highest BCUT2D eigenvalue weighted by Gasteiger charge is 2.10. The molecule has 0 spiro atoms. The van der Waals surface area contributed by atoms with E-state index in [1.54, 1.807) is 0 Å². The average molecular weight is 274 g/mol. The standard InChI is InChI=1S/C20H18O/c1-2-15-11-13-17(14-12-15)19-10-6-9-18(20(19)21)16-7-4-3-5-8-16/h3-14,21H,2H2,1H3. The van der Waals surface area contributed by atoms with Crippen molar-refractivity contribution in [2.75, 3.05) is 0 Å². The lowest BCUT2D eigenvalue weighted by molar-refractivity contribution is 0.479. The third-order valence-electron chi connectivity index (χ3n) is 3.79. The predicted molar refractivity (Wildman–Crippen MR) is 88.4 cm³/mol. The molecule has 0 saturated heterocycles. The molecule has 1 N–H and O–H groups in total. The summed E-state index contributed by atoms with van der Waals surface area (Å²) in [6.07, 6.45) is 1.02. The zero-order valence-corrected chi connectivity index (χ0v) is 12.1. The summed E-state index contributed by atoms with van der Waals surface area (Å²) in [5.74, 6) is 0.341. The molecule has 0 fully saturated rings. The highest BCUT2D eigenvalue weighted by Crippen LogP contribution is 2.37. The Bertz CT molecular complexity index is 728. The molecule has 0 amide bonds. The van der Waals surface area contributed by atoms with Crippen LogP contribution in [0.3, 0.4) is 0 Å². The first kappa shape index (κ1) is 13.4. The Morgan fingerprint density at radius 2 is 1.24 bits per heavy atom. The lowest BCUT2D eigenvalue weighted by Gasteiger charge is -2.10. The molecule has 0 saturated carbocycles. The molecule has 1 heteroatoms. The number of benzene rings is 3. The highest BCUT2D eigenvalue weighted by atomic mass is 16.3. The SMILES string of the molecule is CCc1ccc(-c2cccc(-c3ccccc3)c2O)cc1. The van der Waals surface area contributed by atoms with E-state index in [-0.39, 0.29) is 0 Å². The number of para-hydroxylation sites is 1. The lowest BCUT2D eigenvalue weighted by atomic mass is 9.96. The van der Waals surface area contributed by atoms with Crippen LogP contribution in [0.4, 0.5) is 0 Å². The largest absolute Gasteiger partial charge is 0.507 e. The monoisotopic (exact) mass is 274 g/mol. The van der Waals surface area contributed by atoms with E-state index >= 15 is 0 Å². The van der Waals surface area contributed by atoms with Crippen molar-refractivity contribution in [3.8, 4) is 28.0 Å². The number of aryl methyl sites for hydroxylation is 1. The maximum absolute atomic E-state index is 10.6. The van der Waals surface area contributed by atoms with Gasteiger partial charge in [0, 0.05) is 11.1 Å². The quantitative estimate of drug-likeness (QED) is 0.688. The van der Waals surface area contributed by atoms with Crippen LogP contribution < -0.4 is 0 Å². The zero-order valence-electron chi connectivity index (χ0n) is 12.1. The van der Waals surface area contributed by atoms with Gasteiger partial charge in [-0.2, -0.15) is 0 Å². The first-order chi connectivity index (χ1) is 10.3. The number of rotatable bonds is 3. The summed E-state index contributed by atoms with van der Waals surface area (Å²) in [7, 11) is 0. The van der Waals surface area contributed by atoms with Crippen molar-refractivity contribution in [3.05, 3.63) is 78.4 Å². The van der Waals surface area contributed by atoms with E-state index in [0.29, 0.717) is 5.75 Å². The van der Waals surface area contributed by atoms with E-state index < -0.39 is 0 Å². The number of hydrogen-bond acceptors (Lipinski definition) is 1. The second kappa shape index (κ2) is 5.84. The second-order valence-corrected chi connectivity index (χ2v) is 5.12. The molecule has 0 radical (unpaired) electrons. The second-order valence-electron chi connectivity index (χ2n) is 5.12. The lowest BCUT2D eigenvalue weighted by Crippen LogP contribution is -1.85. The maximum Gasteiger partial charge on any atom is 0.131 e. The molecular formula is C20H18O. The number of phenolic OH excluding ortho intramolecular Hbond substituents is 1. The van der Waals surface area contributed by atoms with Gasteiger partial charge in [-0.1, -0.05) is 79.7 Å². The van der Waals surface area contributed by atoms with Gasteiger partial charge in [0.05, 0.1) is 0 Å². The summed E-state index contributed by atoms with van der Waals surface area (Å²) in [6, 6.07) is 24.3. The first-order valence-electron chi connectivity index (χ1n) is 7.26. The van der Waals surface area contributed by atoms with Gasteiger partial charge in [-0.3, -0.25) is 0 Å². The Balaban J connectivity index is 2.08. The molecule has 0 heterocycles. The molecule has 104 valence electrons. The van der Waals surface area contributed by atoms with E-state index in [1.165, 1.54) is 5.56 Å². The molecular weight excluding hydrogens is 256 g/mol. The number of aromatic hydroxyl groups is 1. The minimum atomic E-state index is 0.341. The van der Waals surface area contributed by atoms with Gasteiger partial charge < -0.3 is 5.11 Å². The summed E-state index contributed by atoms with van der Waals surface area (Å²) >= 11 is 0. The van der Waals surface area contributed by atoms with Crippen LogP contribution in [-0.4, -0.2) is 5.11 Å². The molecule has 21 heavy (non-hydrogen) atoms. The summed E-state index contributed by atoms with van der Waals surface area (Å²) in [5, 5.41) is 10.6. The van der Waals surface area contributed by atoms with E-state index in [9.17, 15) is 5.11 Å². The topological polar surface area (TPSA) is 20.2 Å². The molecule has 3 aromatic rings. The van der Waals surface area contributed by atoms with E-state index in [2.05, 4.69) is 31.2 Å². The minimum absolute atomic E-state index is 0.341. The number of phenols is 1. The van der Waals surface area contributed by atoms with Crippen LogP contribution in [-0.2, 0) is 6.42 Å². The van der Waals surface area contributed by atoms with Crippen molar-refractivity contribution < 1.29 is 5.11 Å². The van der Waals surface area contributed by atoms with Crippen molar-refractivity contribution in [1.82, 2.24) is 0 Å². The normalized spacial score (nSPS) is 10.5. The average Bonchev–Trinajstić information content (AvgIpc) is 2.56. The minimum Gasteiger partial charge on any atom is -0.507 e. The molecule has 0 bridgehead atoms. The first-order valence-corrected chi connectivity index (χ1v) is 7.26. The zero-order chi connectivity index (χ0) is 14.7. The van der Waals surface area contributed by atoms with Crippen LogP contribution in [0.25, 0.3) is 22.3 Å². The highest BCUT2D eigenvalue weighted by molar-refractivity contribution is 5.81. The van der Waals surface area contributed by atoms with E-state index in [4.69, 9.17) is 0 Å². The Kier molecular flexibility index (Phi) is 3.74. The van der Waals surface area contributed by atoms with E-state index in [0.717, 1.165) is 28.7 Å². The van der Waals surface area contributed by atoms with Crippen molar-refractivity contribution in [2.24, 2.45) is 0 Å². The van der Waals surface area contributed by atoms with Crippen LogP contribution >= 0.6 is 0 Å². The third-order valence-corrected chi connectivity index (χ3v) is 3.79. The third kappa shape index (κ3) is 2.68. The Morgan fingerprint density at radius 1 is 0.667 bits per heavy atom. The van der Waals surface area contributed by atoms with Crippen molar-refractivity contribution in [2.45, 2.75) is 13.3 Å². The Morgan fingerprint density at radius 3 is 1.81 bits per heavy atom. The molecule has 0 aromatic heterocycles. The van der Waals surface area contributed by atoms with Crippen molar-refractivity contribution >= 4 is 0 Å². The molecule has 0 aliphatic carbocycles. The summed E-state index contributed by atoms with van der Waals surface area (Å²) in [6.45, 7) is 2.14. The molecule has 1 nitrogen and oxygen atoms in total. The van der Waals surface area contributed by atoms with Crippen molar-refractivity contribution in [3.63, 3.8) is 0 Å². The molecule has 0 aliphatic rings. The predicted octanol–water partition coefficient (Wildman–Crippen LogP) is 5.29. The van der Waals surface area contributed by atoms with Gasteiger partial charge in [0.2, 0.25) is 0 Å². The molecule has 0 atom stereocenters. The fourth-order valence-electron chi connectivity index (χ4n) is 2.55. The van der Waals surface area contributed by atoms with Gasteiger partial charge in [0.15, 0.2) is 0 Å². The van der Waals surface area contributed by atoms with Gasteiger partial charge >= 0.3 is 0 Å². The number of hydrogen-bond donors (Lipinski definition) is 1. The van der Waals surface area contributed by atoms with E-state index in [1.807, 2.05) is 48.5 Å². The van der Waals surface area contributed by atoms with Crippen LogP contribution in [0.5, 0.6) is 5.75 Å². The van der Waals surface area contributed by atoms with Gasteiger partial charge in [-0.15, -0.1) is 0 Å². The van der Waals surface area contributed by atoms with Crippen LogP contribution in [0.15, 0.2) is 72.8 Å². The van der Waals surface area contributed by atoms with Gasteiger partial charge in [-0.25, -0.2) is 0 Å². The van der Waals surface area contributed by atoms with Gasteiger partial charge in [-0.05, 0) is 23.1 Å². The van der Waals surface area contributed by atoms with Crippen LogP contribution in [0, 0.1) is 0 Å². The fraction of sp³-hybridized carbons (Fsp3) is 0.100. The summed E-state index contributed by atoms with van der Waals surface area (Å²) < 4.78 is 0. The van der Waals surface area contributed by atoms with Crippen LogP contribution in [0.2, 0.25) is 0 Å². The maximum atomic E-state index is 10.6. The van der Waals surface area contributed by atoms with Crippen molar-refractivity contribution in [1.29, 1.82) is 0 Å². The molecule has 0 aliphatic heterocycles. The molecule has 0 unspecified atom stereocenters. The summed E-state index contributed by atoms with van der Waals surface area (Å²) in [4.78, 5) is 0. The Hall–Kier alpha value is -2.54. The summed E-state index contributed by atoms with van der Waals surface area (Å²) in [5.41, 5.74) is 5.12. The smallest absolute Gasteiger partial charge is 0.131 e. The molecule has 3 rings (SSSR count). The van der Waals surface area contributed by atoms with Gasteiger partial charge in [0.1, 0.15) is 5.75 Å². The van der Waals surface area contributed by atoms with Crippen LogP contribution in [0.1, 0.15) is 12.5 Å². The molecule has 3 aromatic carbocycles. The van der Waals surface area contributed by atoms with Gasteiger partial charge in [0.25, 0.3) is 0 Å².